The molecule has 0 aliphatic rings. The van der Waals surface area contributed by atoms with Crippen LogP contribution in [0.15, 0.2) is 0 Å². The van der Waals surface area contributed by atoms with Crippen molar-refractivity contribution < 1.29 is 81.4 Å². The van der Waals surface area contributed by atoms with Crippen molar-refractivity contribution in [2.24, 2.45) is 11.5 Å². The Bertz CT molecular complexity index is 317. The van der Waals surface area contributed by atoms with Crippen molar-refractivity contribution in [2.45, 2.75) is 24.9 Å². The Morgan fingerprint density at radius 1 is 0.696 bits per heavy atom. The normalized spacial score (nSPS) is 9.83. The summed E-state index contributed by atoms with van der Waals surface area (Å²) >= 11 is 0. The van der Waals surface area contributed by atoms with Crippen LogP contribution < -0.4 is 31.9 Å². The summed E-state index contributed by atoms with van der Waals surface area (Å²) in [6.07, 6.45) is -1.41. The third-order valence-electron chi connectivity index (χ3n) is 1.38. The molecular weight excluding hydrogens is 371 g/mol. The Morgan fingerprint density at radius 2 is 0.870 bits per heavy atom. The molecule has 0 amide bonds. The molecule has 0 rings (SSSR count). The largest absolute Gasteiger partial charge is 2.00 e. The molecule has 0 spiro atoms. The van der Waals surface area contributed by atoms with E-state index in [9.17, 15) is 39.6 Å². The molecule has 15 heteroatoms. The molecule has 0 aromatic rings. The number of carbonyl (C=O) groups is 4. The molecule has 23 heavy (non-hydrogen) atoms. The molecule has 2 atom stereocenters. The van der Waals surface area contributed by atoms with Gasteiger partial charge in [0.15, 0.2) is 0 Å². The van der Waals surface area contributed by atoms with Gasteiger partial charge in [-0.25, -0.2) is 0 Å². The molecule has 0 saturated heterocycles. The zero-order valence-corrected chi connectivity index (χ0v) is 12.5. The Balaban J connectivity index is -0.0000000229. The van der Waals surface area contributed by atoms with Crippen LogP contribution in [0.2, 0.25) is 0 Å². The van der Waals surface area contributed by atoms with Crippen LogP contribution in [0, 0.1) is 0 Å². The molecule has 14 nitrogen and oxygen atoms in total. The van der Waals surface area contributed by atoms with Crippen LogP contribution in [-0.2, 0) is 36.2 Å². The number of aliphatic carboxylic acids is 4. The second kappa shape index (κ2) is 22.4. The van der Waals surface area contributed by atoms with Crippen LogP contribution in [0.25, 0.3) is 0 Å². The molecule has 0 saturated carbocycles. The molecule has 0 aliphatic heterocycles. The van der Waals surface area contributed by atoms with E-state index in [1.54, 1.807) is 0 Å². The fourth-order valence-corrected chi connectivity index (χ4v) is 0.526. The van der Waals surface area contributed by atoms with Crippen LogP contribution in [0.4, 0.5) is 0 Å². The fraction of sp³-hybridized carbons (Fsp3) is 0.500. The number of carboxylic acid groups (broad SMARTS) is 4. The summed E-state index contributed by atoms with van der Waals surface area (Å²) < 4.78 is 0. The summed E-state index contributed by atoms with van der Waals surface area (Å²) in [4.78, 5) is 38.7. The molecule has 0 aromatic carbocycles. The molecule has 1 radical (unpaired) electrons. The molecular formula is C8H20MnN2O12. The van der Waals surface area contributed by atoms with E-state index in [0.29, 0.717) is 0 Å². The first-order chi connectivity index (χ1) is 8.07. The van der Waals surface area contributed by atoms with Gasteiger partial charge in [-0.2, -0.15) is 0 Å². The van der Waals surface area contributed by atoms with Crippen LogP contribution in [0.3, 0.4) is 0 Å². The summed E-state index contributed by atoms with van der Waals surface area (Å²) in [6, 6.07) is -2.93. The van der Waals surface area contributed by atoms with Gasteiger partial charge in [0.25, 0.3) is 0 Å². The van der Waals surface area contributed by atoms with Crippen molar-refractivity contribution in [1.82, 2.24) is 0 Å². The van der Waals surface area contributed by atoms with Gasteiger partial charge in [0.1, 0.15) is 0 Å². The SMILES string of the molecule is NC(CC(=O)[O-])C(=O)[O-].NC(CC(=O)[O-])C(=O)[O-].O.O.O.O.[H+].[H+].[Mn+2]. The molecule has 12 N–H and O–H groups in total. The topological polar surface area (TPSA) is 339 Å². The van der Waals surface area contributed by atoms with Crippen LogP contribution >= 0.6 is 0 Å². The van der Waals surface area contributed by atoms with E-state index in [1.807, 2.05) is 0 Å². The van der Waals surface area contributed by atoms with Gasteiger partial charge < -0.3 is 73.0 Å². The molecule has 0 fully saturated rings. The van der Waals surface area contributed by atoms with E-state index in [0.717, 1.165) is 0 Å². The average Bonchev–Trinajstić information content (AvgIpc) is 2.16. The third-order valence-corrected chi connectivity index (χ3v) is 1.38. The summed E-state index contributed by atoms with van der Waals surface area (Å²) in [6.45, 7) is 0. The number of carboxylic acids is 4. The summed E-state index contributed by atoms with van der Waals surface area (Å²) in [5, 5.41) is 38.7. The maximum atomic E-state index is 9.71. The Kier molecular flexibility index (Phi) is 41.8. The monoisotopic (exact) mass is 391 g/mol. The first-order valence-electron chi connectivity index (χ1n) is 4.40. The number of carbonyl (C=O) groups excluding carboxylic acids is 4. The summed E-state index contributed by atoms with van der Waals surface area (Å²) in [7, 11) is 0. The van der Waals surface area contributed by atoms with Crippen LogP contribution in [0.1, 0.15) is 15.7 Å². The fourth-order valence-electron chi connectivity index (χ4n) is 0.526. The van der Waals surface area contributed by atoms with Gasteiger partial charge in [0, 0.05) is 36.9 Å². The van der Waals surface area contributed by atoms with E-state index in [1.165, 1.54) is 0 Å². The molecule has 0 heterocycles. The van der Waals surface area contributed by atoms with Gasteiger partial charge in [0.2, 0.25) is 0 Å². The molecule has 2 unspecified atom stereocenters. The standard InChI is InChI=1S/2C4H7NO4.Mn.4H2O/c2*5-2(4(8)9)1-3(6)7;;;;;/h2*2H,1,5H2,(H,6,7)(H,8,9);;4*1H2/q;;+2;;;;/p-2. The number of nitrogens with two attached hydrogens (primary N) is 2. The van der Waals surface area contributed by atoms with Crippen molar-refractivity contribution in [3.8, 4) is 0 Å². The average molecular weight is 391 g/mol. The minimum Gasteiger partial charge on any atom is -0.550 e. The zero-order valence-electron chi connectivity index (χ0n) is 13.4. The van der Waals surface area contributed by atoms with Gasteiger partial charge in [0.05, 0.1) is 11.9 Å². The van der Waals surface area contributed by atoms with Crippen molar-refractivity contribution >= 4 is 23.9 Å². The Labute approximate surface area is 142 Å². The van der Waals surface area contributed by atoms with E-state index in [2.05, 4.69) is 0 Å². The van der Waals surface area contributed by atoms with Crippen molar-refractivity contribution in [2.75, 3.05) is 0 Å². The predicted octanol–water partition coefficient (Wildman–Crippen LogP) is -10.7. The number of rotatable bonds is 6. The molecule has 0 aromatic heterocycles. The Hall–Kier alpha value is -1.84. The van der Waals surface area contributed by atoms with Crippen molar-refractivity contribution in [3.63, 3.8) is 0 Å². The summed E-state index contributed by atoms with van der Waals surface area (Å²) in [5.74, 6) is -6.16. The van der Waals surface area contributed by atoms with Crippen LogP contribution in [0.5, 0.6) is 0 Å². The summed E-state index contributed by atoms with van der Waals surface area (Å²) in [5.41, 5.74) is 9.47. The van der Waals surface area contributed by atoms with E-state index >= 15 is 0 Å². The van der Waals surface area contributed by atoms with Crippen molar-refractivity contribution in [1.29, 1.82) is 0 Å². The molecule has 0 bridgehead atoms. The maximum absolute atomic E-state index is 9.71. The smallest absolute Gasteiger partial charge is 0.550 e. The minimum atomic E-state index is -1.58. The van der Waals surface area contributed by atoms with Gasteiger partial charge >= 0.3 is 19.9 Å². The van der Waals surface area contributed by atoms with Gasteiger partial charge in [-0.05, 0) is 0 Å². The Morgan fingerprint density at radius 3 is 0.913 bits per heavy atom. The number of hydrogen-bond donors (Lipinski definition) is 2. The van der Waals surface area contributed by atoms with Crippen LogP contribution in [-0.4, -0.2) is 57.9 Å². The second-order valence-electron chi connectivity index (χ2n) is 3.00. The van der Waals surface area contributed by atoms with E-state index < -0.39 is 48.8 Å². The minimum absolute atomic E-state index is 0. The van der Waals surface area contributed by atoms with E-state index in [-0.39, 0.29) is 41.8 Å². The molecule has 141 valence electrons. The zero-order chi connectivity index (χ0) is 14.9. The quantitative estimate of drug-likeness (QED) is 0.402. The third kappa shape index (κ3) is 33.2. The van der Waals surface area contributed by atoms with Gasteiger partial charge in [-0.1, -0.05) is 0 Å². The first kappa shape index (κ1) is 42.9. The maximum Gasteiger partial charge on any atom is 2.00 e. The second-order valence-corrected chi connectivity index (χ2v) is 3.00. The predicted molar refractivity (Wildman–Crippen MR) is 61.9 cm³/mol. The molecule has 0 aliphatic carbocycles. The van der Waals surface area contributed by atoms with Crippen molar-refractivity contribution in [3.05, 3.63) is 0 Å². The first-order valence-corrected chi connectivity index (χ1v) is 4.40. The van der Waals surface area contributed by atoms with Gasteiger partial charge in [-0.3, -0.25) is 0 Å². The number of hydrogen-bond acceptors (Lipinski definition) is 10. The van der Waals surface area contributed by atoms with Gasteiger partial charge in [-0.15, -0.1) is 0 Å². The van der Waals surface area contributed by atoms with E-state index in [4.69, 9.17) is 11.5 Å².